The zero-order valence-electron chi connectivity index (χ0n) is 22.7. The molecule has 1 saturated heterocycles. The number of halogens is 3. The van der Waals surface area contributed by atoms with Crippen molar-refractivity contribution < 1.29 is 27.9 Å². The topological polar surface area (TPSA) is 95.1 Å². The Bertz CT molecular complexity index is 1760. The Kier molecular flexibility index (Phi) is 6.26. The van der Waals surface area contributed by atoms with Gasteiger partial charge in [0, 0.05) is 74.8 Å². The molecule has 0 bridgehead atoms. The number of nitrogens with zero attached hydrogens (tertiary/aromatic N) is 5. The molecule has 0 atom stereocenters. The zero-order valence-corrected chi connectivity index (χ0v) is 22.7. The number of amides is 3. The number of urea groups is 1. The van der Waals surface area contributed by atoms with Crippen molar-refractivity contribution >= 4 is 39.6 Å². The van der Waals surface area contributed by atoms with Gasteiger partial charge >= 0.3 is 12.2 Å². The summed E-state index contributed by atoms with van der Waals surface area (Å²) in [6.07, 6.45) is 2.03. The van der Waals surface area contributed by atoms with Gasteiger partial charge < -0.3 is 24.8 Å². The number of aliphatic hydroxyl groups is 1. The molecule has 1 aromatic carbocycles. The SMILES string of the molecule is O=C1NCC(c2cnc3ccccn23)=C1c1cn2c3c(cc(C(F)(F)F)cc13)CN(C(=O)N1CCC(CO)CC1)CC2. The molecule has 4 aromatic rings. The smallest absolute Gasteiger partial charge is 0.396 e. The number of likely N-dealkylation sites (tertiary alicyclic amines) is 1. The predicted octanol–water partition coefficient (Wildman–Crippen LogP) is 3.99. The normalized spacial score (nSPS) is 18.3. The summed E-state index contributed by atoms with van der Waals surface area (Å²) in [6.45, 7) is 2.02. The van der Waals surface area contributed by atoms with Crippen LogP contribution in [0.2, 0.25) is 0 Å². The molecule has 0 spiro atoms. The Morgan fingerprint density at radius 3 is 2.67 bits per heavy atom. The van der Waals surface area contributed by atoms with E-state index in [4.69, 9.17) is 0 Å². The first kappa shape index (κ1) is 26.6. The van der Waals surface area contributed by atoms with E-state index in [0.717, 1.165) is 12.1 Å². The highest BCUT2D eigenvalue weighted by Crippen LogP contribution is 2.41. The number of carbonyl (C=O) groups is 2. The van der Waals surface area contributed by atoms with Gasteiger partial charge in [-0.15, -0.1) is 0 Å². The number of imidazole rings is 1. The second kappa shape index (κ2) is 9.90. The van der Waals surface area contributed by atoms with Crippen molar-refractivity contribution in [2.24, 2.45) is 5.92 Å². The molecule has 3 aliphatic heterocycles. The van der Waals surface area contributed by atoms with E-state index in [1.54, 1.807) is 22.2 Å². The minimum atomic E-state index is -4.62. The molecule has 0 saturated carbocycles. The van der Waals surface area contributed by atoms with Crippen LogP contribution in [-0.2, 0) is 24.1 Å². The van der Waals surface area contributed by atoms with E-state index < -0.39 is 11.7 Å². The quantitative estimate of drug-likeness (QED) is 0.385. The van der Waals surface area contributed by atoms with Crippen LogP contribution in [0.15, 0.2) is 48.9 Å². The van der Waals surface area contributed by atoms with Crippen LogP contribution in [0.3, 0.4) is 0 Å². The number of fused-ring (bicyclic) bond motifs is 1. The van der Waals surface area contributed by atoms with Crippen LogP contribution in [0, 0.1) is 5.92 Å². The highest BCUT2D eigenvalue weighted by Gasteiger charge is 2.36. The third kappa shape index (κ3) is 4.32. The molecular weight excluding hydrogens is 549 g/mol. The molecule has 12 heteroatoms. The number of nitrogens with one attached hydrogen (secondary N) is 1. The molecule has 0 unspecified atom stereocenters. The average molecular weight is 579 g/mol. The van der Waals surface area contributed by atoms with Crippen molar-refractivity contribution in [3.05, 3.63) is 71.3 Å². The van der Waals surface area contributed by atoms with Gasteiger partial charge in [0.25, 0.3) is 5.91 Å². The van der Waals surface area contributed by atoms with Gasteiger partial charge in [0.1, 0.15) is 5.65 Å². The Morgan fingerprint density at radius 2 is 1.90 bits per heavy atom. The number of aliphatic hydroxyl groups excluding tert-OH is 1. The molecule has 1 fully saturated rings. The summed E-state index contributed by atoms with van der Waals surface area (Å²) in [5.74, 6) is -0.193. The first-order chi connectivity index (χ1) is 20.2. The van der Waals surface area contributed by atoms with E-state index in [9.17, 15) is 27.9 Å². The minimum absolute atomic E-state index is 0.0218. The molecule has 0 aliphatic carbocycles. The van der Waals surface area contributed by atoms with Gasteiger partial charge in [-0.2, -0.15) is 13.2 Å². The van der Waals surface area contributed by atoms with E-state index in [1.807, 2.05) is 33.4 Å². The van der Waals surface area contributed by atoms with Gasteiger partial charge in [0.15, 0.2) is 0 Å². The van der Waals surface area contributed by atoms with Gasteiger partial charge in [-0.05, 0) is 48.6 Å². The van der Waals surface area contributed by atoms with E-state index in [-0.39, 0.29) is 37.6 Å². The minimum Gasteiger partial charge on any atom is -0.396 e. The number of carbonyl (C=O) groups excluding carboxylic acids is 2. The first-order valence-electron chi connectivity index (χ1n) is 14.0. The van der Waals surface area contributed by atoms with Crippen molar-refractivity contribution in [3.63, 3.8) is 0 Å². The van der Waals surface area contributed by atoms with Crippen molar-refractivity contribution in [2.45, 2.75) is 32.1 Å². The molecule has 7 rings (SSSR count). The summed E-state index contributed by atoms with van der Waals surface area (Å²) < 4.78 is 46.4. The zero-order chi connectivity index (χ0) is 29.2. The standard InChI is InChI=1S/C30H29F3N6O3/c31-30(32,33)20-11-19-15-38(29(42)36-7-4-18(17-40)5-8-36)10-9-37-16-23(21(12-20)27(19)37)26-22(13-35-28(26)41)24-14-34-25-3-1-2-6-39(24)25/h1-3,6,11-12,14,16,18,40H,4-5,7-10,13,15,17H2,(H,35,41). The van der Waals surface area contributed by atoms with E-state index >= 15 is 0 Å². The molecule has 9 nitrogen and oxygen atoms in total. The lowest BCUT2D eigenvalue weighted by atomic mass is 9.96. The number of piperidine rings is 1. The molecule has 3 amide bonds. The first-order valence-corrected chi connectivity index (χ1v) is 14.0. The Hall–Kier alpha value is -4.32. The maximum atomic E-state index is 14.2. The van der Waals surface area contributed by atoms with Crippen molar-refractivity contribution in [2.75, 3.05) is 32.8 Å². The Balaban J connectivity index is 1.34. The van der Waals surface area contributed by atoms with E-state index in [0.29, 0.717) is 83.5 Å². The van der Waals surface area contributed by atoms with E-state index in [2.05, 4.69) is 10.3 Å². The average Bonchev–Trinajstić information content (AvgIpc) is 3.65. The highest BCUT2D eigenvalue weighted by atomic mass is 19.4. The van der Waals surface area contributed by atoms with Crippen LogP contribution < -0.4 is 5.32 Å². The monoisotopic (exact) mass is 578 g/mol. The largest absolute Gasteiger partial charge is 0.416 e. The molecular formula is C30H29F3N6O3. The summed E-state index contributed by atoms with van der Waals surface area (Å²) >= 11 is 0. The summed E-state index contributed by atoms with van der Waals surface area (Å²) in [5, 5.41) is 12.6. The van der Waals surface area contributed by atoms with Crippen molar-refractivity contribution in [1.29, 1.82) is 0 Å². The molecule has 218 valence electrons. The van der Waals surface area contributed by atoms with Crippen LogP contribution in [0.4, 0.5) is 18.0 Å². The number of rotatable bonds is 3. The number of aromatic nitrogens is 3. The fourth-order valence-corrected chi connectivity index (χ4v) is 6.51. The fraction of sp³-hybridized carbons (Fsp3) is 0.367. The summed E-state index contributed by atoms with van der Waals surface area (Å²) in [6, 6.07) is 7.58. The lowest BCUT2D eigenvalue weighted by Crippen LogP contribution is -2.47. The van der Waals surface area contributed by atoms with Gasteiger partial charge in [-0.25, -0.2) is 9.78 Å². The molecule has 3 aromatic heterocycles. The van der Waals surface area contributed by atoms with Crippen LogP contribution in [-0.4, -0.2) is 73.6 Å². The summed E-state index contributed by atoms with van der Waals surface area (Å²) in [4.78, 5) is 34.5. The Morgan fingerprint density at radius 1 is 1.10 bits per heavy atom. The maximum absolute atomic E-state index is 14.2. The van der Waals surface area contributed by atoms with E-state index in [1.165, 1.54) is 0 Å². The summed E-state index contributed by atoms with van der Waals surface area (Å²) in [5.41, 5.74) is 2.97. The number of hydrogen-bond acceptors (Lipinski definition) is 4. The third-order valence-corrected chi connectivity index (χ3v) is 8.71. The van der Waals surface area contributed by atoms with Crippen LogP contribution in [0.1, 0.15) is 35.2 Å². The van der Waals surface area contributed by atoms with Gasteiger partial charge in [-0.1, -0.05) is 6.07 Å². The molecule has 6 heterocycles. The van der Waals surface area contributed by atoms with Crippen molar-refractivity contribution in [3.8, 4) is 0 Å². The Labute approximate surface area is 238 Å². The number of alkyl halides is 3. The lowest BCUT2D eigenvalue weighted by Gasteiger charge is -2.35. The van der Waals surface area contributed by atoms with Gasteiger partial charge in [0.2, 0.25) is 0 Å². The van der Waals surface area contributed by atoms with Gasteiger partial charge in [0.05, 0.1) is 28.5 Å². The second-order valence-electron chi connectivity index (χ2n) is 11.2. The predicted molar refractivity (Wildman–Crippen MR) is 149 cm³/mol. The molecule has 3 aliphatic rings. The van der Waals surface area contributed by atoms with Crippen LogP contribution in [0.25, 0.3) is 27.7 Å². The highest BCUT2D eigenvalue weighted by molar-refractivity contribution is 6.32. The number of benzene rings is 1. The van der Waals surface area contributed by atoms with Crippen LogP contribution >= 0.6 is 0 Å². The molecule has 0 radical (unpaired) electrons. The fourth-order valence-electron chi connectivity index (χ4n) is 6.51. The molecule has 42 heavy (non-hydrogen) atoms. The molecule has 2 N–H and O–H groups in total. The number of pyridine rings is 1. The third-order valence-electron chi connectivity index (χ3n) is 8.71. The van der Waals surface area contributed by atoms with Crippen molar-refractivity contribution in [1.82, 2.24) is 29.1 Å². The maximum Gasteiger partial charge on any atom is 0.416 e. The second-order valence-corrected chi connectivity index (χ2v) is 11.2. The number of hydrogen-bond donors (Lipinski definition) is 2. The summed E-state index contributed by atoms with van der Waals surface area (Å²) in [7, 11) is 0. The van der Waals surface area contributed by atoms with Gasteiger partial charge in [-0.3, -0.25) is 9.20 Å². The van der Waals surface area contributed by atoms with Crippen LogP contribution in [0.5, 0.6) is 0 Å². The lowest BCUT2D eigenvalue weighted by molar-refractivity contribution is -0.137.